The van der Waals surface area contributed by atoms with E-state index in [1.54, 1.807) is 18.2 Å². The molecule has 6 heteroatoms. The Morgan fingerprint density at radius 2 is 2.00 bits per heavy atom. The summed E-state index contributed by atoms with van der Waals surface area (Å²) in [6, 6.07) is 6.34. The third kappa shape index (κ3) is 4.52. The summed E-state index contributed by atoms with van der Waals surface area (Å²) in [7, 11) is 1.52. The molecule has 6 nitrogen and oxygen atoms in total. The Morgan fingerprint density at radius 3 is 2.67 bits per heavy atom. The number of hydrogen-bond acceptors (Lipinski definition) is 4. The second-order valence-electron chi connectivity index (χ2n) is 3.51. The molecule has 0 heterocycles. The number of aromatic carboxylic acids is 1. The molecular weight excluding hydrogens is 238 g/mol. The molecule has 0 aromatic heterocycles. The molecule has 0 atom stereocenters. The fourth-order valence-corrected chi connectivity index (χ4v) is 1.35. The standard InChI is InChI=1S/C12H15NO5/c1-17-6-7-18-13-11(14)8-9-4-2-3-5-10(9)12(15)16/h2-5H,6-8H2,1H3,(H,13,14)(H,15,16). The second kappa shape index (κ2) is 7.41. The molecule has 0 bridgehead atoms. The van der Waals surface area contributed by atoms with E-state index in [0.717, 1.165) is 0 Å². The van der Waals surface area contributed by atoms with Gasteiger partial charge in [-0.1, -0.05) is 18.2 Å². The highest BCUT2D eigenvalue weighted by molar-refractivity contribution is 5.91. The Balaban J connectivity index is 2.51. The smallest absolute Gasteiger partial charge is 0.335 e. The van der Waals surface area contributed by atoms with Crippen LogP contribution in [0.2, 0.25) is 0 Å². The van der Waals surface area contributed by atoms with E-state index in [4.69, 9.17) is 14.7 Å². The van der Waals surface area contributed by atoms with Crippen LogP contribution in [0.3, 0.4) is 0 Å². The lowest BCUT2D eigenvalue weighted by Crippen LogP contribution is -2.27. The summed E-state index contributed by atoms with van der Waals surface area (Å²) in [5.74, 6) is -1.46. The largest absolute Gasteiger partial charge is 0.478 e. The maximum atomic E-state index is 11.5. The van der Waals surface area contributed by atoms with Gasteiger partial charge in [-0.25, -0.2) is 10.3 Å². The number of carbonyl (C=O) groups is 2. The van der Waals surface area contributed by atoms with E-state index in [0.29, 0.717) is 12.2 Å². The van der Waals surface area contributed by atoms with Crippen LogP contribution < -0.4 is 5.48 Å². The van der Waals surface area contributed by atoms with Gasteiger partial charge in [0.2, 0.25) is 5.91 Å². The number of ether oxygens (including phenoxy) is 1. The maximum Gasteiger partial charge on any atom is 0.335 e. The Hall–Kier alpha value is -1.92. The number of carboxylic acid groups (broad SMARTS) is 1. The van der Waals surface area contributed by atoms with Crippen molar-refractivity contribution in [3.63, 3.8) is 0 Å². The van der Waals surface area contributed by atoms with Crippen LogP contribution >= 0.6 is 0 Å². The zero-order valence-electron chi connectivity index (χ0n) is 10.0. The van der Waals surface area contributed by atoms with Crippen LogP contribution in [-0.2, 0) is 20.8 Å². The van der Waals surface area contributed by atoms with E-state index in [9.17, 15) is 9.59 Å². The number of benzene rings is 1. The van der Waals surface area contributed by atoms with Crippen LogP contribution in [0, 0.1) is 0 Å². The molecule has 1 aromatic rings. The van der Waals surface area contributed by atoms with E-state index < -0.39 is 11.9 Å². The summed E-state index contributed by atoms with van der Waals surface area (Å²) in [4.78, 5) is 27.2. The molecule has 1 aromatic carbocycles. The molecular formula is C12H15NO5. The molecule has 0 aliphatic carbocycles. The lowest BCUT2D eigenvalue weighted by atomic mass is 10.0. The summed E-state index contributed by atoms with van der Waals surface area (Å²) < 4.78 is 4.74. The fraction of sp³-hybridized carbons (Fsp3) is 0.333. The van der Waals surface area contributed by atoms with Gasteiger partial charge in [-0.3, -0.25) is 9.63 Å². The molecule has 0 fully saturated rings. The Morgan fingerprint density at radius 1 is 1.28 bits per heavy atom. The summed E-state index contributed by atoms with van der Waals surface area (Å²) in [6.07, 6.45) is -0.0462. The summed E-state index contributed by atoms with van der Waals surface area (Å²) in [5.41, 5.74) is 2.78. The number of hydrogen-bond donors (Lipinski definition) is 2. The number of methoxy groups -OCH3 is 1. The molecule has 0 unspecified atom stereocenters. The zero-order valence-corrected chi connectivity index (χ0v) is 10.0. The highest BCUT2D eigenvalue weighted by Gasteiger charge is 2.12. The average molecular weight is 253 g/mol. The van der Waals surface area contributed by atoms with E-state index in [2.05, 4.69) is 5.48 Å². The lowest BCUT2D eigenvalue weighted by Gasteiger charge is -2.07. The molecule has 18 heavy (non-hydrogen) atoms. The van der Waals surface area contributed by atoms with Crippen LogP contribution in [0.15, 0.2) is 24.3 Å². The van der Waals surface area contributed by atoms with Crippen molar-refractivity contribution in [1.29, 1.82) is 0 Å². The molecule has 0 spiro atoms. The summed E-state index contributed by atoms with van der Waals surface area (Å²) >= 11 is 0. The number of amides is 1. The normalized spacial score (nSPS) is 10.1. The first kappa shape index (κ1) is 14.1. The van der Waals surface area contributed by atoms with Gasteiger partial charge in [0.25, 0.3) is 0 Å². The van der Waals surface area contributed by atoms with Gasteiger partial charge in [-0.2, -0.15) is 0 Å². The first-order valence-corrected chi connectivity index (χ1v) is 5.36. The number of carboxylic acids is 1. The third-order valence-corrected chi connectivity index (χ3v) is 2.17. The number of hydroxylamine groups is 1. The molecule has 0 aliphatic rings. The van der Waals surface area contributed by atoms with Crippen molar-refractivity contribution in [3.8, 4) is 0 Å². The van der Waals surface area contributed by atoms with E-state index in [1.807, 2.05) is 0 Å². The molecule has 1 rings (SSSR count). The van der Waals surface area contributed by atoms with Crippen molar-refractivity contribution >= 4 is 11.9 Å². The molecule has 0 saturated carbocycles. The number of rotatable bonds is 7. The van der Waals surface area contributed by atoms with Gasteiger partial charge in [0.15, 0.2) is 0 Å². The van der Waals surface area contributed by atoms with Gasteiger partial charge in [-0.15, -0.1) is 0 Å². The van der Waals surface area contributed by atoms with Crippen molar-refractivity contribution in [2.75, 3.05) is 20.3 Å². The van der Waals surface area contributed by atoms with E-state index in [1.165, 1.54) is 13.2 Å². The summed E-state index contributed by atoms with van der Waals surface area (Å²) in [5, 5.41) is 8.95. The number of carbonyl (C=O) groups excluding carboxylic acids is 1. The van der Waals surface area contributed by atoms with Crippen LogP contribution in [0.1, 0.15) is 15.9 Å². The first-order chi connectivity index (χ1) is 8.65. The minimum absolute atomic E-state index is 0.0462. The molecule has 0 radical (unpaired) electrons. The predicted octanol–water partition coefficient (Wildman–Crippen LogP) is 0.621. The second-order valence-corrected chi connectivity index (χ2v) is 3.51. The highest BCUT2D eigenvalue weighted by Crippen LogP contribution is 2.09. The third-order valence-electron chi connectivity index (χ3n) is 2.17. The maximum absolute atomic E-state index is 11.5. The van der Waals surface area contributed by atoms with E-state index >= 15 is 0 Å². The van der Waals surface area contributed by atoms with Crippen LogP contribution in [-0.4, -0.2) is 37.3 Å². The van der Waals surface area contributed by atoms with Crippen molar-refractivity contribution in [2.45, 2.75) is 6.42 Å². The Kier molecular flexibility index (Phi) is 5.83. The predicted molar refractivity (Wildman–Crippen MR) is 63.1 cm³/mol. The van der Waals surface area contributed by atoms with Crippen molar-refractivity contribution < 1.29 is 24.3 Å². The van der Waals surface area contributed by atoms with Crippen molar-refractivity contribution in [1.82, 2.24) is 5.48 Å². The van der Waals surface area contributed by atoms with Crippen molar-refractivity contribution in [3.05, 3.63) is 35.4 Å². The SMILES string of the molecule is COCCONC(=O)Cc1ccccc1C(=O)O. The monoisotopic (exact) mass is 253 g/mol. The Bertz CT molecular complexity index is 419. The first-order valence-electron chi connectivity index (χ1n) is 5.36. The molecule has 2 N–H and O–H groups in total. The van der Waals surface area contributed by atoms with E-state index in [-0.39, 0.29) is 18.6 Å². The average Bonchev–Trinajstić information content (AvgIpc) is 2.35. The Labute approximate surface area is 104 Å². The van der Waals surface area contributed by atoms with Gasteiger partial charge in [0, 0.05) is 7.11 Å². The van der Waals surface area contributed by atoms with Gasteiger partial charge < -0.3 is 9.84 Å². The van der Waals surface area contributed by atoms with Crippen LogP contribution in [0.4, 0.5) is 0 Å². The van der Waals surface area contributed by atoms with Gasteiger partial charge >= 0.3 is 5.97 Å². The lowest BCUT2D eigenvalue weighted by molar-refractivity contribution is -0.133. The summed E-state index contributed by atoms with van der Waals surface area (Å²) in [6.45, 7) is 0.606. The molecule has 0 aliphatic heterocycles. The highest BCUT2D eigenvalue weighted by atomic mass is 16.7. The fourth-order valence-electron chi connectivity index (χ4n) is 1.35. The van der Waals surface area contributed by atoms with Crippen LogP contribution in [0.5, 0.6) is 0 Å². The van der Waals surface area contributed by atoms with Gasteiger partial charge in [-0.05, 0) is 11.6 Å². The van der Waals surface area contributed by atoms with Crippen molar-refractivity contribution in [2.24, 2.45) is 0 Å². The van der Waals surface area contributed by atoms with Gasteiger partial charge in [0.05, 0.1) is 25.2 Å². The molecule has 98 valence electrons. The molecule has 1 amide bonds. The quantitative estimate of drug-likeness (QED) is 0.549. The van der Waals surface area contributed by atoms with Gasteiger partial charge in [0.1, 0.15) is 0 Å². The van der Waals surface area contributed by atoms with Crippen LogP contribution in [0.25, 0.3) is 0 Å². The topological polar surface area (TPSA) is 84.9 Å². The minimum Gasteiger partial charge on any atom is -0.478 e. The number of nitrogens with one attached hydrogen (secondary N) is 1. The molecule has 0 saturated heterocycles. The zero-order chi connectivity index (χ0) is 13.4. The minimum atomic E-state index is -1.06.